The normalized spacial score (nSPS) is 18.6. The summed E-state index contributed by atoms with van der Waals surface area (Å²) in [6.07, 6.45) is 0. The van der Waals surface area contributed by atoms with Crippen molar-refractivity contribution in [3.8, 4) is 0 Å². The van der Waals surface area contributed by atoms with Crippen LogP contribution < -0.4 is 15.5 Å². The molecule has 4 rings (SSSR count). The van der Waals surface area contributed by atoms with Gasteiger partial charge in [0.1, 0.15) is 0 Å². The quantitative estimate of drug-likeness (QED) is 0.707. The lowest BCUT2D eigenvalue weighted by Gasteiger charge is -2.30. The third-order valence-corrected chi connectivity index (χ3v) is 4.81. The Morgan fingerprint density at radius 3 is 2.46 bits per heavy atom. The molecule has 3 N–H and O–H groups in total. The van der Waals surface area contributed by atoms with E-state index in [9.17, 15) is 9.90 Å². The number of carbonyl (C=O) groups is 1. The molecular formula is C20H24Cl2N4O2. The van der Waals surface area contributed by atoms with Crippen LogP contribution in [0.25, 0.3) is 0 Å². The van der Waals surface area contributed by atoms with Crippen LogP contribution in [0.1, 0.15) is 11.1 Å². The van der Waals surface area contributed by atoms with Gasteiger partial charge in [0.2, 0.25) is 0 Å². The molecule has 28 heavy (non-hydrogen) atoms. The maximum Gasteiger partial charge on any atom is 0.251 e. The highest BCUT2D eigenvalue weighted by atomic mass is 35.5. The summed E-state index contributed by atoms with van der Waals surface area (Å²) in [5.74, 6) is -0.280. The number of nitrogens with zero attached hydrogens (tertiary/aromatic N) is 2. The van der Waals surface area contributed by atoms with Gasteiger partial charge in [0, 0.05) is 43.0 Å². The molecule has 150 valence electrons. The summed E-state index contributed by atoms with van der Waals surface area (Å²) < 4.78 is 0. The second-order valence-corrected chi connectivity index (χ2v) is 6.50. The Kier molecular flexibility index (Phi) is 7.83. The van der Waals surface area contributed by atoms with Crippen LogP contribution in [0.4, 0.5) is 11.4 Å². The number of carbonyl (C=O) groups excluding carboxylic acids is 1. The summed E-state index contributed by atoms with van der Waals surface area (Å²) in [7, 11) is 0. The Morgan fingerprint density at radius 2 is 1.79 bits per heavy atom. The van der Waals surface area contributed by atoms with Gasteiger partial charge in [-0.1, -0.05) is 30.3 Å². The Bertz CT molecular complexity index is 839. The van der Waals surface area contributed by atoms with E-state index in [1.54, 1.807) is 0 Å². The molecule has 0 spiro atoms. The minimum Gasteiger partial charge on any atom is -0.394 e. The zero-order valence-electron chi connectivity index (χ0n) is 15.3. The van der Waals surface area contributed by atoms with E-state index in [1.165, 1.54) is 0 Å². The molecule has 2 heterocycles. The van der Waals surface area contributed by atoms with Crippen molar-refractivity contribution in [2.24, 2.45) is 4.99 Å². The van der Waals surface area contributed by atoms with Gasteiger partial charge in [-0.05, 0) is 18.2 Å². The van der Waals surface area contributed by atoms with Crippen molar-refractivity contribution in [2.45, 2.75) is 6.04 Å². The number of amides is 1. The second-order valence-electron chi connectivity index (χ2n) is 6.50. The van der Waals surface area contributed by atoms with Gasteiger partial charge >= 0.3 is 0 Å². The average Bonchev–Trinajstić information content (AvgIpc) is 2.84. The molecule has 0 unspecified atom stereocenters. The number of fused-ring (bicyclic) bond motifs is 1. The first-order chi connectivity index (χ1) is 12.8. The molecule has 0 radical (unpaired) electrons. The number of nitrogens with one attached hydrogen (secondary N) is 2. The van der Waals surface area contributed by atoms with Crippen LogP contribution in [0.2, 0.25) is 0 Å². The zero-order chi connectivity index (χ0) is 17.9. The third-order valence-electron chi connectivity index (χ3n) is 4.81. The first-order valence-electron chi connectivity index (χ1n) is 8.91. The maximum absolute atomic E-state index is 12.5. The van der Waals surface area contributed by atoms with Crippen molar-refractivity contribution in [1.82, 2.24) is 5.32 Å². The number of hydrogen-bond acceptors (Lipinski definition) is 5. The van der Waals surface area contributed by atoms with Crippen molar-refractivity contribution < 1.29 is 9.90 Å². The lowest BCUT2D eigenvalue weighted by molar-refractivity contribution is -0.118. The molecule has 0 bridgehead atoms. The SMILES string of the molecule is Cl.Cl.O=C1Nc2cc(N3CCNCC3)ccc2C(c2ccccc2)=N[C@@H]1CO. The van der Waals surface area contributed by atoms with Gasteiger partial charge in [-0.2, -0.15) is 0 Å². The first-order valence-corrected chi connectivity index (χ1v) is 8.91. The van der Waals surface area contributed by atoms with E-state index >= 15 is 0 Å². The first kappa shape index (κ1) is 22.2. The minimum absolute atomic E-state index is 0. The monoisotopic (exact) mass is 422 g/mol. The molecular weight excluding hydrogens is 399 g/mol. The highest BCUT2D eigenvalue weighted by Crippen LogP contribution is 2.29. The van der Waals surface area contributed by atoms with Crippen molar-refractivity contribution in [1.29, 1.82) is 0 Å². The number of benzodiazepines with no additional fused rings is 1. The van der Waals surface area contributed by atoms with E-state index in [0.717, 1.165) is 54.4 Å². The largest absolute Gasteiger partial charge is 0.394 e. The van der Waals surface area contributed by atoms with Gasteiger partial charge < -0.3 is 20.6 Å². The zero-order valence-corrected chi connectivity index (χ0v) is 16.9. The summed E-state index contributed by atoms with van der Waals surface area (Å²) in [4.78, 5) is 19.3. The molecule has 1 amide bonds. The number of anilines is 2. The Morgan fingerprint density at radius 1 is 1.07 bits per heavy atom. The van der Waals surface area contributed by atoms with Crippen molar-refractivity contribution in [3.63, 3.8) is 0 Å². The second kappa shape index (κ2) is 9.89. The van der Waals surface area contributed by atoms with Crippen LogP contribution in [-0.4, -0.2) is 55.6 Å². The number of halogens is 2. The smallest absolute Gasteiger partial charge is 0.251 e. The lowest BCUT2D eigenvalue weighted by Crippen LogP contribution is -2.43. The van der Waals surface area contributed by atoms with Gasteiger partial charge in [-0.15, -0.1) is 24.8 Å². The molecule has 0 saturated carbocycles. The van der Waals surface area contributed by atoms with Crippen LogP contribution >= 0.6 is 24.8 Å². The highest BCUT2D eigenvalue weighted by Gasteiger charge is 2.26. The van der Waals surface area contributed by atoms with Crippen LogP contribution in [0, 0.1) is 0 Å². The Labute approximate surface area is 176 Å². The molecule has 8 heteroatoms. The summed E-state index contributed by atoms with van der Waals surface area (Å²) in [5, 5.41) is 15.9. The fourth-order valence-corrected chi connectivity index (χ4v) is 3.41. The van der Waals surface area contributed by atoms with Crippen molar-refractivity contribution in [3.05, 3.63) is 59.7 Å². The van der Waals surface area contributed by atoms with Crippen LogP contribution in [-0.2, 0) is 4.79 Å². The summed E-state index contributed by atoms with van der Waals surface area (Å²) in [6.45, 7) is 3.46. The fourth-order valence-electron chi connectivity index (χ4n) is 3.41. The predicted octanol–water partition coefficient (Wildman–Crippen LogP) is 2.09. The molecule has 6 nitrogen and oxygen atoms in total. The average molecular weight is 423 g/mol. The molecule has 2 aliphatic rings. The van der Waals surface area contributed by atoms with Gasteiger partial charge in [0.05, 0.1) is 18.0 Å². The summed E-state index contributed by atoms with van der Waals surface area (Å²) in [6, 6.07) is 15.1. The Hall–Kier alpha value is -2.12. The van der Waals surface area contributed by atoms with E-state index in [4.69, 9.17) is 0 Å². The maximum atomic E-state index is 12.5. The predicted molar refractivity (Wildman–Crippen MR) is 118 cm³/mol. The van der Waals surface area contributed by atoms with Gasteiger partial charge in [0.15, 0.2) is 6.04 Å². The van der Waals surface area contributed by atoms with E-state index in [0.29, 0.717) is 0 Å². The van der Waals surface area contributed by atoms with E-state index in [2.05, 4.69) is 26.6 Å². The topological polar surface area (TPSA) is 77.0 Å². The lowest BCUT2D eigenvalue weighted by atomic mass is 10.00. The number of benzene rings is 2. The fraction of sp³-hybridized carbons (Fsp3) is 0.300. The van der Waals surface area contributed by atoms with E-state index in [1.807, 2.05) is 42.5 Å². The summed E-state index contributed by atoms with van der Waals surface area (Å²) >= 11 is 0. The number of aliphatic hydroxyl groups is 1. The van der Waals surface area contributed by atoms with Crippen molar-refractivity contribution >= 4 is 47.8 Å². The highest BCUT2D eigenvalue weighted by molar-refractivity contribution is 6.20. The molecule has 0 aromatic heterocycles. The molecule has 0 aliphatic carbocycles. The van der Waals surface area contributed by atoms with E-state index in [-0.39, 0.29) is 37.3 Å². The van der Waals surface area contributed by atoms with Gasteiger partial charge in [-0.25, -0.2) is 0 Å². The minimum atomic E-state index is -0.805. The molecule has 2 aliphatic heterocycles. The van der Waals surface area contributed by atoms with Gasteiger partial charge in [-0.3, -0.25) is 9.79 Å². The van der Waals surface area contributed by atoms with Crippen LogP contribution in [0.3, 0.4) is 0 Å². The number of rotatable bonds is 3. The third kappa shape index (κ3) is 4.47. The van der Waals surface area contributed by atoms with E-state index < -0.39 is 6.04 Å². The summed E-state index contributed by atoms with van der Waals surface area (Å²) in [5.41, 5.74) is 4.35. The number of aliphatic hydroxyl groups excluding tert-OH is 1. The molecule has 2 aromatic carbocycles. The van der Waals surface area contributed by atoms with Crippen molar-refractivity contribution in [2.75, 3.05) is 43.0 Å². The standard InChI is InChI=1S/C20H22N4O2.2ClH/c25-13-18-20(26)23-17-12-15(24-10-8-21-9-11-24)6-7-16(17)19(22-18)14-4-2-1-3-5-14;;/h1-7,12,18,21,25H,8-11,13H2,(H,23,26);2*1H/t18-;;/m1../s1. The van der Waals surface area contributed by atoms with Crippen LogP contribution in [0.5, 0.6) is 0 Å². The molecule has 1 atom stereocenters. The number of piperazine rings is 1. The number of hydrogen-bond donors (Lipinski definition) is 3. The van der Waals surface area contributed by atoms with Crippen LogP contribution in [0.15, 0.2) is 53.5 Å². The Balaban J connectivity index is 0.00000140. The van der Waals surface area contributed by atoms with Gasteiger partial charge in [0.25, 0.3) is 5.91 Å². The molecule has 2 aromatic rings. The number of aliphatic imine (C=N–C) groups is 1. The molecule has 1 fully saturated rings. The molecule has 1 saturated heterocycles.